The van der Waals surface area contributed by atoms with Crippen molar-refractivity contribution in [2.45, 2.75) is 6.42 Å². The number of morpholine rings is 1. The van der Waals surface area contributed by atoms with E-state index in [0.717, 1.165) is 44.8 Å². The van der Waals surface area contributed by atoms with E-state index in [1.165, 1.54) is 0 Å². The van der Waals surface area contributed by atoms with Crippen LogP contribution < -0.4 is 4.74 Å². The Morgan fingerprint density at radius 3 is 2.76 bits per heavy atom. The highest BCUT2D eigenvalue weighted by Crippen LogP contribution is 2.23. The van der Waals surface area contributed by atoms with Crippen molar-refractivity contribution in [3.63, 3.8) is 0 Å². The van der Waals surface area contributed by atoms with Crippen LogP contribution in [-0.4, -0.2) is 50.0 Å². The normalized spacial score (nSPS) is 17.0. The number of rotatable bonds is 4. The molecule has 1 aliphatic rings. The molecule has 0 radical (unpaired) electrons. The predicted octanol–water partition coefficient (Wildman–Crippen LogP) is 1.28. The summed E-state index contributed by atoms with van der Waals surface area (Å²) in [6, 6.07) is 5.47. The third-order valence-electron chi connectivity index (χ3n) is 3.09. The van der Waals surface area contributed by atoms with E-state index in [9.17, 15) is 5.11 Å². The Hall–Kier alpha value is -1.26. The Bertz CT molecular complexity index is 362. The minimum atomic E-state index is 0.317. The molecule has 1 aliphatic heterocycles. The summed E-state index contributed by atoms with van der Waals surface area (Å²) in [6.07, 6.45) is 0.857. The van der Waals surface area contributed by atoms with Gasteiger partial charge in [-0.15, -0.1) is 0 Å². The van der Waals surface area contributed by atoms with Crippen LogP contribution in [0.1, 0.15) is 5.56 Å². The van der Waals surface area contributed by atoms with Gasteiger partial charge in [-0.05, 0) is 18.1 Å². The molecule has 1 aromatic carbocycles. The van der Waals surface area contributed by atoms with Gasteiger partial charge in [0.25, 0.3) is 0 Å². The maximum atomic E-state index is 9.83. The summed E-state index contributed by atoms with van der Waals surface area (Å²) in [5.41, 5.74) is 0.970. The summed E-state index contributed by atoms with van der Waals surface area (Å²) in [4.78, 5) is 2.35. The van der Waals surface area contributed by atoms with Crippen molar-refractivity contribution >= 4 is 0 Å². The fraction of sp³-hybridized carbons (Fsp3) is 0.538. The summed E-state index contributed by atoms with van der Waals surface area (Å²) in [5, 5.41) is 9.83. The first-order chi connectivity index (χ1) is 8.29. The van der Waals surface area contributed by atoms with Crippen LogP contribution in [0.3, 0.4) is 0 Å². The quantitative estimate of drug-likeness (QED) is 0.856. The Balaban J connectivity index is 1.89. The Labute approximate surface area is 102 Å². The monoisotopic (exact) mass is 237 g/mol. The lowest BCUT2D eigenvalue weighted by Gasteiger charge is -2.26. The van der Waals surface area contributed by atoms with Crippen molar-refractivity contribution in [2.75, 3.05) is 40.0 Å². The fourth-order valence-corrected chi connectivity index (χ4v) is 1.99. The van der Waals surface area contributed by atoms with Gasteiger partial charge in [0.15, 0.2) is 0 Å². The molecule has 1 N–H and O–H groups in total. The first-order valence-electron chi connectivity index (χ1n) is 5.95. The van der Waals surface area contributed by atoms with E-state index in [1.54, 1.807) is 13.2 Å². The maximum Gasteiger partial charge on any atom is 0.122 e. The standard InChI is InChI=1S/C13H19NO3/c1-16-12-3-2-11(13(15)10-12)4-5-14-6-8-17-9-7-14/h2-3,10,15H,4-9H2,1H3. The second-order valence-electron chi connectivity index (χ2n) is 4.20. The largest absolute Gasteiger partial charge is 0.508 e. The van der Waals surface area contributed by atoms with Crippen LogP contribution in [0.5, 0.6) is 11.5 Å². The molecule has 0 saturated carbocycles. The van der Waals surface area contributed by atoms with Crippen LogP contribution in [0.4, 0.5) is 0 Å². The lowest BCUT2D eigenvalue weighted by atomic mass is 10.1. The van der Waals surface area contributed by atoms with Crippen molar-refractivity contribution < 1.29 is 14.6 Å². The number of aromatic hydroxyl groups is 1. The van der Waals surface area contributed by atoms with Crippen molar-refractivity contribution in [3.05, 3.63) is 23.8 Å². The minimum Gasteiger partial charge on any atom is -0.508 e. The van der Waals surface area contributed by atoms with Gasteiger partial charge in [0.05, 0.1) is 20.3 Å². The van der Waals surface area contributed by atoms with E-state index in [1.807, 2.05) is 12.1 Å². The molecule has 0 aliphatic carbocycles. The van der Waals surface area contributed by atoms with Crippen LogP contribution in [0.25, 0.3) is 0 Å². The molecule has 4 heteroatoms. The first kappa shape index (κ1) is 12.2. The van der Waals surface area contributed by atoms with Crippen LogP contribution in [0.2, 0.25) is 0 Å². The van der Waals surface area contributed by atoms with E-state index in [4.69, 9.17) is 9.47 Å². The van der Waals surface area contributed by atoms with Crippen LogP contribution >= 0.6 is 0 Å². The predicted molar refractivity (Wildman–Crippen MR) is 65.6 cm³/mol. The molecule has 1 heterocycles. The first-order valence-corrected chi connectivity index (χ1v) is 5.95. The fourth-order valence-electron chi connectivity index (χ4n) is 1.99. The van der Waals surface area contributed by atoms with Crippen LogP contribution in [0, 0.1) is 0 Å². The number of hydrogen-bond donors (Lipinski definition) is 1. The van der Waals surface area contributed by atoms with Gasteiger partial charge in [-0.25, -0.2) is 0 Å². The Morgan fingerprint density at radius 2 is 2.12 bits per heavy atom. The number of nitrogens with zero attached hydrogens (tertiary/aromatic N) is 1. The number of phenolic OH excluding ortho intramolecular Hbond substituents is 1. The number of methoxy groups -OCH3 is 1. The highest BCUT2D eigenvalue weighted by atomic mass is 16.5. The minimum absolute atomic E-state index is 0.317. The Kier molecular flexibility index (Phi) is 4.23. The third-order valence-corrected chi connectivity index (χ3v) is 3.09. The van der Waals surface area contributed by atoms with Gasteiger partial charge >= 0.3 is 0 Å². The maximum absolute atomic E-state index is 9.83. The molecule has 1 aromatic rings. The van der Waals surface area contributed by atoms with E-state index in [2.05, 4.69) is 4.90 Å². The summed E-state index contributed by atoms with van der Waals surface area (Å²) in [5.74, 6) is 1.01. The summed E-state index contributed by atoms with van der Waals surface area (Å²) in [7, 11) is 1.60. The molecule has 17 heavy (non-hydrogen) atoms. The molecular formula is C13H19NO3. The molecule has 2 rings (SSSR count). The third kappa shape index (κ3) is 3.35. The Morgan fingerprint density at radius 1 is 1.35 bits per heavy atom. The van der Waals surface area contributed by atoms with E-state index in [-0.39, 0.29) is 0 Å². The second-order valence-corrected chi connectivity index (χ2v) is 4.20. The molecule has 94 valence electrons. The molecule has 0 bridgehead atoms. The summed E-state index contributed by atoms with van der Waals surface area (Å²) < 4.78 is 10.4. The van der Waals surface area contributed by atoms with Gasteiger partial charge in [-0.1, -0.05) is 6.07 Å². The average molecular weight is 237 g/mol. The smallest absolute Gasteiger partial charge is 0.122 e. The average Bonchev–Trinajstić information content (AvgIpc) is 2.38. The molecule has 0 aromatic heterocycles. The van der Waals surface area contributed by atoms with Gasteiger partial charge in [-0.3, -0.25) is 4.90 Å². The number of benzene rings is 1. The van der Waals surface area contributed by atoms with Gasteiger partial charge < -0.3 is 14.6 Å². The molecule has 4 nitrogen and oxygen atoms in total. The second kappa shape index (κ2) is 5.89. The lowest BCUT2D eigenvalue weighted by Crippen LogP contribution is -2.37. The van der Waals surface area contributed by atoms with E-state index >= 15 is 0 Å². The van der Waals surface area contributed by atoms with Gasteiger partial charge in [0.1, 0.15) is 11.5 Å². The topological polar surface area (TPSA) is 41.9 Å². The molecule has 0 unspecified atom stereocenters. The van der Waals surface area contributed by atoms with Gasteiger partial charge in [0.2, 0.25) is 0 Å². The molecule has 0 amide bonds. The summed E-state index contributed by atoms with van der Waals surface area (Å²) >= 11 is 0. The molecule has 0 spiro atoms. The van der Waals surface area contributed by atoms with Gasteiger partial charge in [0, 0.05) is 25.7 Å². The zero-order valence-corrected chi connectivity index (χ0v) is 10.2. The van der Waals surface area contributed by atoms with Crippen molar-refractivity contribution in [3.8, 4) is 11.5 Å². The van der Waals surface area contributed by atoms with Crippen molar-refractivity contribution in [1.29, 1.82) is 0 Å². The van der Waals surface area contributed by atoms with Crippen molar-refractivity contribution in [2.24, 2.45) is 0 Å². The van der Waals surface area contributed by atoms with E-state index < -0.39 is 0 Å². The molecule has 1 fully saturated rings. The summed E-state index contributed by atoms with van der Waals surface area (Å²) in [6.45, 7) is 4.56. The van der Waals surface area contributed by atoms with Crippen LogP contribution in [0.15, 0.2) is 18.2 Å². The number of phenols is 1. The molecule has 1 saturated heterocycles. The zero-order chi connectivity index (χ0) is 12.1. The molecular weight excluding hydrogens is 218 g/mol. The van der Waals surface area contributed by atoms with Crippen molar-refractivity contribution in [1.82, 2.24) is 4.90 Å². The van der Waals surface area contributed by atoms with E-state index in [0.29, 0.717) is 11.5 Å². The molecule has 0 atom stereocenters. The number of ether oxygens (including phenoxy) is 2. The SMILES string of the molecule is COc1ccc(CCN2CCOCC2)c(O)c1. The number of hydrogen-bond acceptors (Lipinski definition) is 4. The lowest BCUT2D eigenvalue weighted by molar-refractivity contribution is 0.0384. The van der Waals surface area contributed by atoms with Crippen LogP contribution in [-0.2, 0) is 11.2 Å². The highest BCUT2D eigenvalue weighted by molar-refractivity contribution is 5.39. The zero-order valence-electron chi connectivity index (χ0n) is 10.2. The van der Waals surface area contributed by atoms with Gasteiger partial charge in [-0.2, -0.15) is 0 Å². The highest BCUT2D eigenvalue weighted by Gasteiger charge is 2.11.